The van der Waals surface area contributed by atoms with Crippen molar-refractivity contribution in [2.45, 2.75) is 13.8 Å². The molecule has 0 saturated heterocycles. The van der Waals surface area contributed by atoms with E-state index in [2.05, 4.69) is 11.6 Å². The van der Waals surface area contributed by atoms with E-state index < -0.39 is 0 Å². The Balaban J connectivity index is 0.000000291. The van der Waals surface area contributed by atoms with Gasteiger partial charge < -0.3 is 4.42 Å². The third-order valence-electron chi connectivity index (χ3n) is 0.626. The summed E-state index contributed by atoms with van der Waals surface area (Å²) in [7, 11) is 0. The molecule has 1 aromatic heterocycles. The zero-order valence-electron chi connectivity index (χ0n) is 5.79. The van der Waals surface area contributed by atoms with Gasteiger partial charge in [0.05, 0.1) is 6.20 Å². The van der Waals surface area contributed by atoms with Crippen molar-refractivity contribution in [3.63, 3.8) is 0 Å². The highest BCUT2D eigenvalue weighted by molar-refractivity contribution is 5.32. The van der Waals surface area contributed by atoms with Crippen LogP contribution in [0.3, 0.4) is 0 Å². The van der Waals surface area contributed by atoms with Crippen LogP contribution in [0.1, 0.15) is 19.7 Å². The van der Waals surface area contributed by atoms with Crippen molar-refractivity contribution in [1.29, 1.82) is 0 Å². The van der Waals surface area contributed by atoms with Crippen LogP contribution < -0.4 is 0 Å². The molecule has 1 aromatic rings. The summed E-state index contributed by atoms with van der Waals surface area (Å²) >= 11 is 0. The molecule has 0 fully saturated rings. The molecule has 2 heteroatoms. The molecule has 1 heterocycles. The minimum absolute atomic E-state index is 0.569. The number of nitrogens with zero attached hydrogens (tertiary/aromatic N) is 1. The maximum Gasteiger partial charge on any atom is 0.217 e. The normalized spacial score (nSPS) is 7.33. The van der Waals surface area contributed by atoms with E-state index in [-0.39, 0.29) is 0 Å². The molecular formula is C7H11NO. The summed E-state index contributed by atoms with van der Waals surface area (Å²) in [6, 6.07) is 0. The Kier molecular flexibility index (Phi) is 4.50. The quantitative estimate of drug-likeness (QED) is 0.575. The molecule has 0 bridgehead atoms. The van der Waals surface area contributed by atoms with Gasteiger partial charge in [-0.25, -0.2) is 4.98 Å². The van der Waals surface area contributed by atoms with Crippen LogP contribution in [0.4, 0.5) is 0 Å². The minimum atomic E-state index is 0.569. The van der Waals surface area contributed by atoms with E-state index in [1.165, 1.54) is 6.26 Å². The van der Waals surface area contributed by atoms with Crippen LogP contribution in [0.2, 0.25) is 0 Å². The molecular weight excluding hydrogens is 114 g/mol. The molecule has 0 spiro atoms. The molecule has 50 valence electrons. The Morgan fingerprint density at radius 3 is 2.56 bits per heavy atom. The van der Waals surface area contributed by atoms with Crippen molar-refractivity contribution >= 4 is 6.08 Å². The van der Waals surface area contributed by atoms with E-state index in [1.807, 2.05) is 13.8 Å². The highest BCUT2D eigenvalue weighted by Gasteiger charge is 1.81. The second kappa shape index (κ2) is 5.09. The largest absolute Gasteiger partial charge is 0.445 e. The zero-order valence-corrected chi connectivity index (χ0v) is 5.79. The molecule has 0 aromatic carbocycles. The first kappa shape index (κ1) is 7.95. The Morgan fingerprint density at radius 1 is 1.67 bits per heavy atom. The molecule has 9 heavy (non-hydrogen) atoms. The fourth-order valence-electron chi connectivity index (χ4n) is 0.335. The average molecular weight is 125 g/mol. The zero-order chi connectivity index (χ0) is 7.11. The van der Waals surface area contributed by atoms with Gasteiger partial charge in [-0.1, -0.05) is 20.4 Å². The van der Waals surface area contributed by atoms with Crippen LogP contribution in [0, 0.1) is 0 Å². The molecule has 0 atom stereocenters. The minimum Gasteiger partial charge on any atom is -0.445 e. The lowest BCUT2D eigenvalue weighted by atomic mass is 10.6. The van der Waals surface area contributed by atoms with Gasteiger partial charge in [0.25, 0.3) is 0 Å². The van der Waals surface area contributed by atoms with Crippen molar-refractivity contribution in [3.05, 3.63) is 24.9 Å². The highest BCUT2D eigenvalue weighted by atomic mass is 16.3. The molecule has 0 aliphatic rings. The molecule has 0 unspecified atom stereocenters. The van der Waals surface area contributed by atoms with Gasteiger partial charge in [0.2, 0.25) is 5.89 Å². The molecule has 0 aliphatic heterocycles. The second-order valence-electron chi connectivity index (χ2n) is 1.07. The van der Waals surface area contributed by atoms with Gasteiger partial charge in [-0.05, 0) is 6.08 Å². The SMILES string of the molecule is C=Cc1ncco1.CC. The molecule has 0 radical (unpaired) electrons. The monoisotopic (exact) mass is 125 g/mol. The van der Waals surface area contributed by atoms with E-state index in [1.54, 1.807) is 12.3 Å². The van der Waals surface area contributed by atoms with Gasteiger partial charge in [0, 0.05) is 0 Å². The van der Waals surface area contributed by atoms with Crippen molar-refractivity contribution < 1.29 is 4.42 Å². The Morgan fingerprint density at radius 2 is 2.33 bits per heavy atom. The number of aromatic nitrogens is 1. The standard InChI is InChI=1S/C5H5NO.C2H6/c1-2-5-6-3-4-7-5;1-2/h2-4H,1H2;1-2H3. The van der Waals surface area contributed by atoms with E-state index in [0.717, 1.165) is 0 Å². The Bertz CT molecular complexity index is 144. The summed E-state index contributed by atoms with van der Waals surface area (Å²) in [5.41, 5.74) is 0. The van der Waals surface area contributed by atoms with E-state index >= 15 is 0 Å². The van der Waals surface area contributed by atoms with Gasteiger partial charge in [-0.3, -0.25) is 0 Å². The molecule has 0 saturated carbocycles. The molecule has 0 N–H and O–H groups in total. The van der Waals surface area contributed by atoms with Crippen LogP contribution in [0.5, 0.6) is 0 Å². The van der Waals surface area contributed by atoms with Crippen LogP contribution in [-0.4, -0.2) is 4.98 Å². The summed E-state index contributed by atoms with van der Waals surface area (Å²) in [5.74, 6) is 0.569. The summed E-state index contributed by atoms with van der Waals surface area (Å²) in [6.45, 7) is 7.45. The Labute approximate surface area is 55.2 Å². The van der Waals surface area contributed by atoms with Crippen LogP contribution in [0.15, 0.2) is 23.5 Å². The lowest BCUT2D eigenvalue weighted by Crippen LogP contribution is -1.61. The first-order valence-corrected chi connectivity index (χ1v) is 2.95. The molecule has 2 nitrogen and oxygen atoms in total. The van der Waals surface area contributed by atoms with Crippen molar-refractivity contribution in [2.75, 3.05) is 0 Å². The van der Waals surface area contributed by atoms with E-state index in [4.69, 9.17) is 4.42 Å². The summed E-state index contributed by atoms with van der Waals surface area (Å²) < 4.78 is 4.75. The van der Waals surface area contributed by atoms with Crippen LogP contribution in [0.25, 0.3) is 6.08 Å². The van der Waals surface area contributed by atoms with Crippen molar-refractivity contribution in [3.8, 4) is 0 Å². The lowest BCUT2D eigenvalue weighted by Gasteiger charge is -1.71. The number of rotatable bonds is 1. The van der Waals surface area contributed by atoms with Gasteiger partial charge >= 0.3 is 0 Å². The van der Waals surface area contributed by atoms with Gasteiger partial charge in [0.1, 0.15) is 6.26 Å². The third kappa shape index (κ3) is 2.69. The average Bonchev–Trinajstić information content (AvgIpc) is 2.43. The fourth-order valence-corrected chi connectivity index (χ4v) is 0.335. The predicted octanol–water partition coefficient (Wildman–Crippen LogP) is 2.34. The van der Waals surface area contributed by atoms with Gasteiger partial charge in [0.15, 0.2) is 0 Å². The first-order chi connectivity index (χ1) is 4.43. The maximum atomic E-state index is 4.75. The predicted molar refractivity (Wildman–Crippen MR) is 37.9 cm³/mol. The number of oxazole rings is 1. The van der Waals surface area contributed by atoms with E-state index in [0.29, 0.717) is 5.89 Å². The molecule has 0 aliphatic carbocycles. The summed E-state index contributed by atoms with van der Waals surface area (Å²) in [4.78, 5) is 3.75. The fraction of sp³-hybridized carbons (Fsp3) is 0.286. The van der Waals surface area contributed by atoms with Crippen LogP contribution >= 0.6 is 0 Å². The number of hydrogen-bond acceptors (Lipinski definition) is 2. The highest BCUT2D eigenvalue weighted by Crippen LogP contribution is 1.92. The topological polar surface area (TPSA) is 26.0 Å². The smallest absolute Gasteiger partial charge is 0.217 e. The van der Waals surface area contributed by atoms with Crippen molar-refractivity contribution in [1.82, 2.24) is 4.98 Å². The van der Waals surface area contributed by atoms with Crippen molar-refractivity contribution in [2.24, 2.45) is 0 Å². The Hall–Kier alpha value is -1.05. The van der Waals surface area contributed by atoms with Gasteiger partial charge in [-0.15, -0.1) is 0 Å². The molecule has 1 rings (SSSR count). The number of hydrogen-bond donors (Lipinski definition) is 0. The maximum absolute atomic E-state index is 4.75. The summed E-state index contributed by atoms with van der Waals surface area (Å²) in [6.07, 6.45) is 4.65. The molecule has 0 amide bonds. The summed E-state index contributed by atoms with van der Waals surface area (Å²) in [5, 5.41) is 0. The van der Waals surface area contributed by atoms with E-state index in [9.17, 15) is 0 Å². The third-order valence-corrected chi connectivity index (χ3v) is 0.626. The first-order valence-electron chi connectivity index (χ1n) is 2.95. The van der Waals surface area contributed by atoms with Crippen LogP contribution in [-0.2, 0) is 0 Å². The van der Waals surface area contributed by atoms with Gasteiger partial charge in [-0.2, -0.15) is 0 Å². The second-order valence-corrected chi connectivity index (χ2v) is 1.07. The lowest BCUT2D eigenvalue weighted by molar-refractivity contribution is 0.546.